The van der Waals surface area contributed by atoms with Crippen molar-refractivity contribution in [3.8, 4) is 5.69 Å². The molecular formula is C12H13BrN4O2. The van der Waals surface area contributed by atoms with Gasteiger partial charge in [0.1, 0.15) is 6.33 Å². The molecule has 0 amide bonds. The first-order valence-electron chi connectivity index (χ1n) is 5.58. The fourth-order valence-electron chi connectivity index (χ4n) is 1.56. The molecule has 0 aliphatic rings. The van der Waals surface area contributed by atoms with Gasteiger partial charge < -0.3 is 10.5 Å². The number of rotatable bonds is 3. The van der Waals surface area contributed by atoms with E-state index in [1.54, 1.807) is 0 Å². The predicted octanol–water partition coefficient (Wildman–Crippen LogP) is 1.84. The molecule has 1 aromatic carbocycles. The number of benzene rings is 1. The van der Waals surface area contributed by atoms with E-state index in [1.807, 2.05) is 25.1 Å². The van der Waals surface area contributed by atoms with Crippen LogP contribution >= 0.6 is 15.9 Å². The number of hydrogen-bond donors (Lipinski definition) is 1. The van der Waals surface area contributed by atoms with Gasteiger partial charge in [-0.25, -0.2) is 14.5 Å². The number of aromatic nitrogens is 3. The maximum Gasteiger partial charge on any atom is 0.377 e. The number of nitrogens with two attached hydrogens (primary N) is 1. The molecular weight excluding hydrogens is 312 g/mol. The highest BCUT2D eigenvalue weighted by Gasteiger charge is 2.13. The van der Waals surface area contributed by atoms with Crippen molar-refractivity contribution in [1.82, 2.24) is 14.8 Å². The van der Waals surface area contributed by atoms with Gasteiger partial charge in [-0.15, -0.1) is 5.10 Å². The molecule has 0 fully saturated rings. The fourth-order valence-corrected chi connectivity index (χ4v) is 2.13. The summed E-state index contributed by atoms with van der Waals surface area (Å²) in [7, 11) is 1.29. The molecule has 6 nitrogen and oxygen atoms in total. The SMILES string of the molecule is COC(=O)c1ncn(-c2ccc([C@H](C)N)cc2Br)n1. The molecule has 0 spiro atoms. The van der Waals surface area contributed by atoms with Crippen LogP contribution < -0.4 is 5.73 Å². The number of esters is 1. The van der Waals surface area contributed by atoms with Crippen LogP contribution in [0, 0.1) is 0 Å². The van der Waals surface area contributed by atoms with Crippen molar-refractivity contribution in [3.63, 3.8) is 0 Å². The van der Waals surface area contributed by atoms with Crippen molar-refractivity contribution in [2.45, 2.75) is 13.0 Å². The Labute approximate surface area is 118 Å². The highest BCUT2D eigenvalue weighted by atomic mass is 79.9. The lowest BCUT2D eigenvalue weighted by atomic mass is 10.1. The van der Waals surface area contributed by atoms with Gasteiger partial charge in [-0.2, -0.15) is 0 Å². The molecule has 2 N–H and O–H groups in total. The van der Waals surface area contributed by atoms with E-state index < -0.39 is 5.97 Å². The van der Waals surface area contributed by atoms with Crippen LogP contribution in [0.1, 0.15) is 29.1 Å². The molecule has 0 aliphatic heterocycles. The molecule has 19 heavy (non-hydrogen) atoms. The average molecular weight is 325 g/mol. The summed E-state index contributed by atoms with van der Waals surface area (Å²) < 4.78 is 6.88. The second-order valence-electron chi connectivity index (χ2n) is 4.00. The van der Waals surface area contributed by atoms with Crippen LogP contribution in [0.4, 0.5) is 0 Å². The molecule has 1 aromatic heterocycles. The lowest BCUT2D eigenvalue weighted by Gasteiger charge is -2.09. The molecule has 2 rings (SSSR count). The van der Waals surface area contributed by atoms with E-state index in [1.165, 1.54) is 18.1 Å². The molecule has 7 heteroatoms. The summed E-state index contributed by atoms with van der Waals surface area (Å²) in [6, 6.07) is 5.63. The van der Waals surface area contributed by atoms with Gasteiger partial charge in [0, 0.05) is 10.5 Å². The Morgan fingerprint density at radius 2 is 2.26 bits per heavy atom. The summed E-state index contributed by atoms with van der Waals surface area (Å²) in [4.78, 5) is 15.2. The highest BCUT2D eigenvalue weighted by molar-refractivity contribution is 9.10. The Bertz CT molecular complexity index is 610. The average Bonchev–Trinajstić information content (AvgIpc) is 2.87. The minimum atomic E-state index is -0.568. The topological polar surface area (TPSA) is 83.0 Å². The quantitative estimate of drug-likeness (QED) is 0.871. The molecule has 1 atom stereocenters. The maximum atomic E-state index is 11.3. The second kappa shape index (κ2) is 5.50. The van der Waals surface area contributed by atoms with Gasteiger partial charge in [-0.1, -0.05) is 6.07 Å². The smallest absolute Gasteiger partial charge is 0.377 e. The van der Waals surface area contributed by atoms with Crippen molar-refractivity contribution >= 4 is 21.9 Å². The Morgan fingerprint density at radius 1 is 1.53 bits per heavy atom. The zero-order valence-corrected chi connectivity index (χ0v) is 12.1. The van der Waals surface area contributed by atoms with Gasteiger partial charge in [0.25, 0.3) is 5.82 Å². The van der Waals surface area contributed by atoms with Gasteiger partial charge in [0.2, 0.25) is 0 Å². The molecule has 1 heterocycles. The van der Waals surface area contributed by atoms with E-state index >= 15 is 0 Å². The maximum absolute atomic E-state index is 11.3. The largest absolute Gasteiger partial charge is 0.463 e. The minimum Gasteiger partial charge on any atom is -0.463 e. The zero-order valence-electron chi connectivity index (χ0n) is 10.5. The standard InChI is InChI=1S/C12H13BrN4O2/c1-7(14)8-3-4-10(9(13)5-8)17-6-15-11(16-17)12(18)19-2/h3-7H,14H2,1-2H3/t7-/m0/s1. The summed E-state index contributed by atoms with van der Waals surface area (Å²) in [5.74, 6) is -0.548. The summed E-state index contributed by atoms with van der Waals surface area (Å²) in [5.41, 5.74) is 7.59. The molecule has 0 aliphatic carbocycles. The minimum absolute atomic E-state index is 0.0191. The highest BCUT2D eigenvalue weighted by Crippen LogP contribution is 2.24. The predicted molar refractivity (Wildman–Crippen MR) is 73.0 cm³/mol. The third kappa shape index (κ3) is 2.82. The van der Waals surface area contributed by atoms with E-state index in [9.17, 15) is 4.79 Å². The van der Waals surface area contributed by atoms with Crippen LogP contribution in [0.5, 0.6) is 0 Å². The molecule has 100 valence electrons. The van der Waals surface area contributed by atoms with E-state index in [-0.39, 0.29) is 11.9 Å². The number of ether oxygens (including phenoxy) is 1. The molecule has 2 aromatic rings. The Balaban J connectivity index is 2.37. The van der Waals surface area contributed by atoms with Crippen LogP contribution in [0.25, 0.3) is 5.69 Å². The van der Waals surface area contributed by atoms with Crippen molar-refractivity contribution in [3.05, 3.63) is 40.4 Å². The van der Waals surface area contributed by atoms with Crippen molar-refractivity contribution in [2.75, 3.05) is 7.11 Å². The van der Waals surface area contributed by atoms with Gasteiger partial charge in [0.15, 0.2) is 0 Å². The Morgan fingerprint density at radius 3 is 2.84 bits per heavy atom. The molecule has 0 radical (unpaired) electrons. The van der Waals surface area contributed by atoms with E-state index in [4.69, 9.17) is 5.73 Å². The summed E-state index contributed by atoms with van der Waals surface area (Å²) in [6.45, 7) is 1.91. The van der Waals surface area contributed by atoms with E-state index in [0.29, 0.717) is 0 Å². The van der Waals surface area contributed by atoms with Gasteiger partial charge in [0.05, 0.1) is 12.8 Å². The van der Waals surface area contributed by atoms with Gasteiger partial charge in [-0.05, 0) is 40.5 Å². The lowest BCUT2D eigenvalue weighted by Crippen LogP contribution is -2.07. The van der Waals surface area contributed by atoms with Crippen LogP contribution in [0.3, 0.4) is 0 Å². The number of methoxy groups -OCH3 is 1. The van der Waals surface area contributed by atoms with Gasteiger partial charge in [-0.3, -0.25) is 0 Å². The normalized spacial score (nSPS) is 12.2. The number of carbonyl (C=O) groups excluding carboxylic acids is 1. The lowest BCUT2D eigenvalue weighted by molar-refractivity contribution is 0.0587. The van der Waals surface area contributed by atoms with Gasteiger partial charge >= 0.3 is 5.97 Å². The van der Waals surface area contributed by atoms with E-state index in [0.717, 1.165) is 15.7 Å². The molecule has 0 saturated heterocycles. The first kappa shape index (κ1) is 13.7. The number of carbonyl (C=O) groups is 1. The van der Waals surface area contributed by atoms with Crippen molar-refractivity contribution in [1.29, 1.82) is 0 Å². The Kier molecular flexibility index (Phi) is 3.96. The van der Waals surface area contributed by atoms with Crippen LogP contribution in [-0.2, 0) is 4.74 Å². The van der Waals surface area contributed by atoms with E-state index in [2.05, 4.69) is 30.7 Å². The van der Waals surface area contributed by atoms with Crippen molar-refractivity contribution < 1.29 is 9.53 Å². The third-order valence-corrected chi connectivity index (χ3v) is 3.24. The fraction of sp³-hybridized carbons (Fsp3) is 0.250. The van der Waals surface area contributed by atoms with Crippen molar-refractivity contribution in [2.24, 2.45) is 5.73 Å². The molecule has 0 saturated carbocycles. The van der Waals surface area contributed by atoms with Crippen LogP contribution in [-0.4, -0.2) is 27.8 Å². The summed E-state index contributed by atoms with van der Waals surface area (Å²) >= 11 is 3.46. The summed E-state index contributed by atoms with van der Waals surface area (Å²) in [5, 5.41) is 4.06. The third-order valence-electron chi connectivity index (χ3n) is 2.60. The Hall–Kier alpha value is -1.73. The summed E-state index contributed by atoms with van der Waals surface area (Å²) in [6.07, 6.45) is 1.46. The number of nitrogens with zero attached hydrogens (tertiary/aromatic N) is 3. The first-order chi connectivity index (χ1) is 9.02. The molecule has 0 bridgehead atoms. The first-order valence-corrected chi connectivity index (χ1v) is 6.37. The molecule has 0 unspecified atom stereocenters. The zero-order chi connectivity index (χ0) is 14.0. The second-order valence-corrected chi connectivity index (χ2v) is 4.86. The van der Waals surface area contributed by atoms with Crippen LogP contribution in [0.2, 0.25) is 0 Å². The number of hydrogen-bond acceptors (Lipinski definition) is 5. The van der Waals surface area contributed by atoms with Crippen LogP contribution in [0.15, 0.2) is 29.0 Å². The number of halogens is 1. The monoisotopic (exact) mass is 324 g/mol.